The van der Waals surface area contributed by atoms with Crippen LogP contribution in [0.2, 0.25) is 0 Å². The van der Waals surface area contributed by atoms with E-state index in [9.17, 15) is 13.2 Å². The summed E-state index contributed by atoms with van der Waals surface area (Å²) in [5.41, 5.74) is 0. The van der Waals surface area contributed by atoms with E-state index in [1.165, 1.54) is 25.7 Å². The number of carbonyl (C=O) groups is 1. The molecule has 0 spiro atoms. The molecule has 1 aliphatic carbocycles. The Morgan fingerprint density at radius 3 is 2.55 bits per heavy atom. The lowest BCUT2D eigenvalue weighted by atomic mass is 10.1. The number of amides is 2. The van der Waals surface area contributed by atoms with Crippen LogP contribution in [0.5, 0.6) is 0 Å². The van der Waals surface area contributed by atoms with Gasteiger partial charge in [-0.15, -0.1) is 0 Å². The molecule has 0 aromatic rings. The standard InChI is InChI=1S/C14H24N2O3S/c1-2-16(13-8-10-20(18,19)11-13)14(17)15-9-7-12-5-3-4-6-12/h7,9,12-13H,2-6,8,10-11H2,1H3,(H,15,17)/b9-7+. The lowest BCUT2D eigenvalue weighted by Crippen LogP contribution is -2.45. The van der Waals surface area contributed by atoms with Crippen LogP contribution >= 0.6 is 0 Å². The molecular weight excluding hydrogens is 276 g/mol. The first-order valence-electron chi connectivity index (χ1n) is 7.46. The molecule has 2 amide bonds. The minimum atomic E-state index is -2.96. The molecule has 2 fully saturated rings. The Balaban J connectivity index is 1.85. The molecule has 0 radical (unpaired) electrons. The number of hydrogen-bond donors (Lipinski definition) is 1. The van der Waals surface area contributed by atoms with Gasteiger partial charge < -0.3 is 10.2 Å². The van der Waals surface area contributed by atoms with Gasteiger partial charge in [-0.05, 0) is 32.1 Å². The molecule has 20 heavy (non-hydrogen) atoms. The lowest BCUT2D eigenvalue weighted by Gasteiger charge is -2.26. The van der Waals surface area contributed by atoms with Crippen LogP contribution in [0.1, 0.15) is 39.0 Å². The van der Waals surface area contributed by atoms with Crippen molar-refractivity contribution in [3.63, 3.8) is 0 Å². The van der Waals surface area contributed by atoms with Gasteiger partial charge in [-0.25, -0.2) is 13.2 Å². The maximum atomic E-state index is 12.1. The van der Waals surface area contributed by atoms with Crippen LogP contribution in [-0.4, -0.2) is 43.4 Å². The van der Waals surface area contributed by atoms with E-state index in [-0.39, 0.29) is 23.6 Å². The maximum absolute atomic E-state index is 12.1. The molecule has 0 bridgehead atoms. The highest BCUT2D eigenvalue weighted by Crippen LogP contribution is 2.25. The Kier molecular flexibility index (Phi) is 5.07. The number of nitrogens with zero attached hydrogens (tertiary/aromatic N) is 1. The average Bonchev–Trinajstić information content (AvgIpc) is 3.00. The first kappa shape index (κ1) is 15.4. The Bertz CT molecular complexity index is 467. The monoisotopic (exact) mass is 300 g/mol. The van der Waals surface area contributed by atoms with Gasteiger partial charge in [-0.1, -0.05) is 18.9 Å². The number of nitrogens with one attached hydrogen (secondary N) is 1. The van der Waals surface area contributed by atoms with Crippen LogP contribution < -0.4 is 5.32 Å². The number of urea groups is 1. The highest BCUT2D eigenvalue weighted by Gasteiger charge is 2.33. The zero-order valence-electron chi connectivity index (χ0n) is 12.0. The molecule has 2 aliphatic rings. The highest BCUT2D eigenvalue weighted by molar-refractivity contribution is 7.91. The van der Waals surface area contributed by atoms with Gasteiger partial charge in [-0.3, -0.25) is 0 Å². The predicted octanol–water partition coefficient (Wildman–Crippen LogP) is 1.91. The van der Waals surface area contributed by atoms with Gasteiger partial charge in [-0.2, -0.15) is 0 Å². The van der Waals surface area contributed by atoms with E-state index in [0.29, 0.717) is 18.9 Å². The number of carbonyl (C=O) groups excluding carboxylic acids is 1. The molecule has 1 saturated heterocycles. The van der Waals surface area contributed by atoms with E-state index in [2.05, 4.69) is 11.4 Å². The largest absolute Gasteiger partial charge is 0.321 e. The summed E-state index contributed by atoms with van der Waals surface area (Å²) in [5, 5.41) is 2.78. The quantitative estimate of drug-likeness (QED) is 0.862. The molecule has 1 atom stereocenters. The summed E-state index contributed by atoms with van der Waals surface area (Å²) in [6.45, 7) is 2.41. The van der Waals surface area contributed by atoms with Crippen LogP contribution in [0.3, 0.4) is 0 Å². The van der Waals surface area contributed by atoms with Crippen molar-refractivity contribution >= 4 is 15.9 Å². The lowest BCUT2D eigenvalue weighted by molar-refractivity contribution is 0.187. The smallest absolute Gasteiger partial charge is 0.321 e. The van der Waals surface area contributed by atoms with Gasteiger partial charge in [0.05, 0.1) is 11.5 Å². The normalized spacial score (nSPS) is 26.1. The SMILES string of the molecule is CCN(C(=O)N/C=C/C1CCCC1)C1CCS(=O)(=O)C1. The number of allylic oxidation sites excluding steroid dienone is 1. The summed E-state index contributed by atoms with van der Waals surface area (Å²) in [7, 11) is -2.96. The van der Waals surface area contributed by atoms with Gasteiger partial charge in [0.15, 0.2) is 9.84 Å². The minimum absolute atomic E-state index is 0.0978. The van der Waals surface area contributed by atoms with Crippen LogP contribution in [-0.2, 0) is 9.84 Å². The van der Waals surface area contributed by atoms with Gasteiger partial charge in [0, 0.05) is 18.8 Å². The van der Waals surface area contributed by atoms with Crippen molar-refractivity contribution in [2.45, 2.75) is 45.1 Å². The van der Waals surface area contributed by atoms with Gasteiger partial charge in [0.25, 0.3) is 0 Å². The summed E-state index contributed by atoms with van der Waals surface area (Å²) < 4.78 is 23.0. The Labute approximate surface area is 121 Å². The van der Waals surface area contributed by atoms with Crippen molar-refractivity contribution in [3.8, 4) is 0 Å². The van der Waals surface area contributed by atoms with Crippen molar-refractivity contribution in [1.29, 1.82) is 0 Å². The van der Waals surface area contributed by atoms with E-state index in [4.69, 9.17) is 0 Å². The average molecular weight is 300 g/mol. The fourth-order valence-electron chi connectivity index (χ4n) is 3.08. The Morgan fingerprint density at radius 1 is 1.30 bits per heavy atom. The Hall–Kier alpha value is -1.04. The van der Waals surface area contributed by atoms with Crippen molar-refractivity contribution in [1.82, 2.24) is 10.2 Å². The zero-order chi connectivity index (χ0) is 14.6. The molecule has 5 nitrogen and oxygen atoms in total. The molecule has 1 heterocycles. The van der Waals surface area contributed by atoms with E-state index in [1.54, 1.807) is 11.1 Å². The summed E-state index contributed by atoms with van der Waals surface area (Å²) >= 11 is 0. The second-order valence-corrected chi connectivity index (χ2v) is 7.92. The summed E-state index contributed by atoms with van der Waals surface area (Å²) in [5.74, 6) is 0.872. The van der Waals surface area contributed by atoms with E-state index >= 15 is 0 Å². The van der Waals surface area contributed by atoms with Crippen LogP contribution in [0, 0.1) is 5.92 Å². The second-order valence-electron chi connectivity index (χ2n) is 5.70. The third-order valence-electron chi connectivity index (χ3n) is 4.23. The second kappa shape index (κ2) is 6.61. The molecule has 1 unspecified atom stereocenters. The van der Waals surface area contributed by atoms with Gasteiger partial charge >= 0.3 is 6.03 Å². The summed E-state index contributed by atoms with van der Waals surface area (Å²) in [6.07, 6.45) is 9.27. The molecule has 0 aromatic heterocycles. The van der Waals surface area contributed by atoms with E-state index in [0.717, 1.165) is 0 Å². The van der Waals surface area contributed by atoms with Gasteiger partial charge in [0.2, 0.25) is 0 Å². The molecule has 1 N–H and O–H groups in total. The summed E-state index contributed by atoms with van der Waals surface area (Å²) in [4.78, 5) is 13.7. The molecular formula is C14H24N2O3S. The molecule has 114 valence electrons. The van der Waals surface area contributed by atoms with Crippen LogP contribution in [0.15, 0.2) is 12.3 Å². The van der Waals surface area contributed by atoms with E-state index in [1.807, 2.05) is 6.92 Å². The summed E-state index contributed by atoms with van der Waals surface area (Å²) in [6, 6.07) is -0.367. The van der Waals surface area contributed by atoms with Crippen molar-refractivity contribution in [3.05, 3.63) is 12.3 Å². The fraction of sp³-hybridized carbons (Fsp3) is 0.786. The maximum Gasteiger partial charge on any atom is 0.321 e. The molecule has 2 rings (SSSR count). The Morgan fingerprint density at radius 2 is 2.00 bits per heavy atom. The number of sulfone groups is 1. The third kappa shape index (κ3) is 3.98. The predicted molar refractivity (Wildman–Crippen MR) is 79.1 cm³/mol. The highest BCUT2D eigenvalue weighted by atomic mass is 32.2. The molecule has 0 aromatic carbocycles. The zero-order valence-corrected chi connectivity index (χ0v) is 12.9. The fourth-order valence-corrected chi connectivity index (χ4v) is 4.81. The third-order valence-corrected chi connectivity index (χ3v) is 5.98. The van der Waals surface area contributed by atoms with Crippen molar-refractivity contribution in [2.75, 3.05) is 18.1 Å². The topological polar surface area (TPSA) is 66.5 Å². The van der Waals surface area contributed by atoms with Crippen molar-refractivity contribution in [2.24, 2.45) is 5.92 Å². The molecule has 6 heteroatoms. The number of hydrogen-bond acceptors (Lipinski definition) is 3. The van der Waals surface area contributed by atoms with E-state index < -0.39 is 9.84 Å². The van der Waals surface area contributed by atoms with Gasteiger partial charge in [0.1, 0.15) is 0 Å². The molecule has 1 aliphatic heterocycles. The van der Waals surface area contributed by atoms with Crippen molar-refractivity contribution < 1.29 is 13.2 Å². The first-order valence-corrected chi connectivity index (χ1v) is 9.28. The number of rotatable bonds is 4. The van der Waals surface area contributed by atoms with Crippen LogP contribution in [0.4, 0.5) is 4.79 Å². The first-order chi connectivity index (χ1) is 9.52. The minimum Gasteiger partial charge on any atom is -0.321 e. The van der Waals surface area contributed by atoms with Crippen LogP contribution in [0.25, 0.3) is 0 Å². The molecule has 1 saturated carbocycles.